The van der Waals surface area contributed by atoms with Gasteiger partial charge in [-0.15, -0.1) is 0 Å². The second-order valence-corrected chi connectivity index (χ2v) is 5.43. The van der Waals surface area contributed by atoms with Crippen molar-refractivity contribution in [1.82, 2.24) is 9.97 Å². The summed E-state index contributed by atoms with van der Waals surface area (Å²) in [7, 11) is 0. The SMILES string of the molecule is Cc1cc2c(c(-c3nc(C)ncc3C)c1)OC(CN)C2. The largest absolute Gasteiger partial charge is 0.488 e. The smallest absolute Gasteiger partial charge is 0.132 e. The second kappa shape index (κ2) is 4.87. The van der Waals surface area contributed by atoms with Crippen molar-refractivity contribution in [3.63, 3.8) is 0 Å². The van der Waals surface area contributed by atoms with Crippen molar-refractivity contribution in [2.75, 3.05) is 6.54 Å². The molecule has 0 amide bonds. The Morgan fingerprint density at radius 2 is 2.10 bits per heavy atom. The fourth-order valence-electron chi connectivity index (χ4n) is 2.70. The molecular weight excluding hydrogens is 250 g/mol. The summed E-state index contributed by atoms with van der Waals surface area (Å²) in [6, 6.07) is 4.31. The van der Waals surface area contributed by atoms with Crippen molar-refractivity contribution in [2.24, 2.45) is 5.73 Å². The Kier molecular flexibility index (Phi) is 3.18. The Morgan fingerprint density at radius 3 is 2.85 bits per heavy atom. The van der Waals surface area contributed by atoms with Crippen molar-refractivity contribution in [3.05, 3.63) is 40.8 Å². The Bertz CT molecular complexity index is 667. The van der Waals surface area contributed by atoms with Gasteiger partial charge in [0.15, 0.2) is 0 Å². The quantitative estimate of drug-likeness (QED) is 0.909. The summed E-state index contributed by atoms with van der Waals surface area (Å²) in [5, 5.41) is 0. The number of fused-ring (bicyclic) bond motifs is 1. The van der Waals surface area contributed by atoms with Crippen molar-refractivity contribution in [3.8, 4) is 17.0 Å². The minimum Gasteiger partial charge on any atom is -0.488 e. The van der Waals surface area contributed by atoms with Gasteiger partial charge in [-0.1, -0.05) is 6.07 Å². The molecule has 1 aliphatic rings. The number of hydrogen-bond acceptors (Lipinski definition) is 4. The summed E-state index contributed by atoms with van der Waals surface area (Å²) in [6.07, 6.45) is 2.82. The van der Waals surface area contributed by atoms with E-state index in [0.717, 1.165) is 34.8 Å². The zero-order valence-electron chi connectivity index (χ0n) is 12.1. The molecule has 104 valence electrons. The third-order valence-corrected chi connectivity index (χ3v) is 3.65. The van der Waals surface area contributed by atoms with Gasteiger partial charge in [0.2, 0.25) is 0 Å². The van der Waals surface area contributed by atoms with Crippen molar-refractivity contribution >= 4 is 0 Å². The summed E-state index contributed by atoms with van der Waals surface area (Å²) < 4.78 is 6.01. The van der Waals surface area contributed by atoms with Gasteiger partial charge in [-0.2, -0.15) is 0 Å². The molecule has 0 radical (unpaired) electrons. The lowest BCUT2D eigenvalue weighted by atomic mass is 9.99. The first-order valence-electron chi connectivity index (χ1n) is 6.89. The zero-order valence-corrected chi connectivity index (χ0v) is 12.1. The molecule has 4 heteroatoms. The van der Waals surface area contributed by atoms with Crippen LogP contribution in [0.15, 0.2) is 18.3 Å². The van der Waals surface area contributed by atoms with Crippen LogP contribution in [0.5, 0.6) is 5.75 Å². The van der Waals surface area contributed by atoms with E-state index in [1.807, 2.05) is 20.0 Å². The monoisotopic (exact) mass is 269 g/mol. The van der Waals surface area contributed by atoms with E-state index in [-0.39, 0.29) is 6.10 Å². The van der Waals surface area contributed by atoms with E-state index < -0.39 is 0 Å². The van der Waals surface area contributed by atoms with Gasteiger partial charge >= 0.3 is 0 Å². The number of ether oxygens (including phenoxy) is 1. The molecule has 0 saturated heterocycles. The van der Waals surface area contributed by atoms with E-state index >= 15 is 0 Å². The van der Waals surface area contributed by atoms with Crippen LogP contribution in [0.25, 0.3) is 11.3 Å². The van der Waals surface area contributed by atoms with Gasteiger partial charge in [-0.05, 0) is 43.5 Å². The number of nitrogens with two attached hydrogens (primary N) is 1. The van der Waals surface area contributed by atoms with Crippen LogP contribution < -0.4 is 10.5 Å². The van der Waals surface area contributed by atoms with Crippen LogP contribution in [0.1, 0.15) is 22.5 Å². The zero-order chi connectivity index (χ0) is 14.3. The van der Waals surface area contributed by atoms with Gasteiger partial charge < -0.3 is 10.5 Å². The van der Waals surface area contributed by atoms with Gasteiger partial charge in [0.05, 0.1) is 5.69 Å². The molecule has 2 heterocycles. The molecule has 0 saturated carbocycles. The van der Waals surface area contributed by atoms with Gasteiger partial charge in [0, 0.05) is 24.7 Å². The van der Waals surface area contributed by atoms with Crippen LogP contribution in [0.4, 0.5) is 0 Å². The predicted octanol–water partition coefficient (Wildman–Crippen LogP) is 2.33. The molecule has 1 aromatic heterocycles. The lowest BCUT2D eigenvalue weighted by Crippen LogP contribution is -2.24. The summed E-state index contributed by atoms with van der Waals surface area (Å²) >= 11 is 0. The van der Waals surface area contributed by atoms with Crippen LogP contribution in [-0.2, 0) is 6.42 Å². The number of nitrogens with zero attached hydrogens (tertiary/aromatic N) is 2. The minimum absolute atomic E-state index is 0.0776. The first-order valence-corrected chi connectivity index (χ1v) is 6.89. The predicted molar refractivity (Wildman–Crippen MR) is 78.9 cm³/mol. The maximum absolute atomic E-state index is 6.01. The first-order chi connectivity index (χ1) is 9.58. The van der Waals surface area contributed by atoms with Crippen LogP contribution in [0.3, 0.4) is 0 Å². The highest BCUT2D eigenvalue weighted by Gasteiger charge is 2.26. The summed E-state index contributed by atoms with van der Waals surface area (Å²) in [5.74, 6) is 1.71. The third-order valence-electron chi connectivity index (χ3n) is 3.65. The topological polar surface area (TPSA) is 61.0 Å². The fraction of sp³-hybridized carbons (Fsp3) is 0.375. The Morgan fingerprint density at radius 1 is 1.30 bits per heavy atom. The van der Waals surface area contributed by atoms with E-state index in [1.165, 1.54) is 11.1 Å². The van der Waals surface area contributed by atoms with Crippen LogP contribution >= 0.6 is 0 Å². The number of rotatable bonds is 2. The Hall–Kier alpha value is -1.94. The lowest BCUT2D eigenvalue weighted by molar-refractivity contribution is 0.242. The molecule has 1 aromatic carbocycles. The maximum atomic E-state index is 6.01. The molecule has 3 rings (SSSR count). The molecule has 2 aromatic rings. The average Bonchev–Trinajstić information content (AvgIpc) is 2.83. The number of hydrogen-bond donors (Lipinski definition) is 1. The van der Waals surface area contributed by atoms with Crippen LogP contribution in [0, 0.1) is 20.8 Å². The van der Waals surface area contributed by atoms with Gasteiger partial charge in [0.1, 0.15) is 17.7 Å². The molecule has 1 unspecified atom stereocenters. The molecule has 0 spiro atoms. The Balaban J connectivity index is 2.18. The van der Waals surface area contributed by atoms with E-state index in [1.54, 1.807) is 0 Å². The molecule has 0 fully saturated rings. The van der Waals surface area contributed by atoms with E-state index in [2.05, 4.69) is 29.0 Å². The number of aromatic nitrogens is 2. The van der Waals surface area contributed by atoms with Gasteiger partial charge in [-0.25, -0.2) is 9.97 Å². The number of aryl methyl sites for hydroxylation is 3. The molecule has 0 bridgehead atoms. The van der Waals surface area contributed by atoms with Crippen molar-refractivity contribution < 1.29 is 4.74 Å². The lowest BCUT2D eigenvalue weighted by Gasteiger charge is -2.13. The number of benzene rings is 1. The second-order valence-electron chi connectivity index (χ2n) is 5.43. The van der Waals surface area contributed by atoms with E-state index in [4.69, 9.17) is 10.5 Å². The summed E-state index contributed by atoms with van der Waals surface area (Å²) in [6.45, 7) is 6.57. The Labute approximate surface area is 119 Å². The molecule has 2 N–H and O–H groups in total. The van der Waals surface area contributed by atoms with E-state index in [9.17, 15) is 0 Å². The maximum Gasteiger partial charge on any atom is 0.132 e. The van der Waals surface area contributed by atoms with Crippen LogP contribution in [-0.4, -0.2) is 22.6 Å². The summed E-state index contributed by atoms with van der Waals surface area (Å²) in [5.41, 5.74) is 11.3. The molecule has 1 atom stereocenters. The fourth-order valence-corrected chi connectivity index (χ4v) is 2.70. The minimum atomic E-state index is 0.0776. The van der Waals surface area contributed by atoms with Gasteiger partial charge in [0.25, 0.3) is 0 Å². The van der Waals surface area contributed by atoms with Crippen molar-refractivity contribution in [2.45, 2.75) is 33.3 Å². The highest BCUT2D eigenvalue weighted by atomic mass is 16.5. The standard InChI is InChI=1S/C16H19N3O/c1-9-4-12-6-13(7-17)20-16(12)14(5-9)15-10(2)8-18-11(3)19-15/h4-5,8,13H,6-7,17H2,1-3H3. The molecule has 0 aliphatic carbocycles. The molecule has 1 aliphatic heterocycles. The molecule has 4 nitrogen and oxygen atoms in total. The highest BCUT2D eigenvalue weighted by Crippen LogP contribution is 2.39. The average molecular weight is 269 g/mol. The third kappa shape index (κ3) is 2.16. The van der Waals surface area contributed by atoms with E-state index in [0.29, 0.717) is 6.54 Å². The van der Waals surface area contributed by atoms with Crippen molar-refractivity contribution in [1.29, 1.82) is 0 Å². The normalized spacial score (nSPS) is 16.9. The molecule has 20 heavy (non-hydrogen) atoms. The van der Waals surface area contributed by atoms with Crippen LogP contribution in [0.2, 0.25) is 0 Å². The molecular formula is C16H19N3O. The van der Waals surface area contributed by atoms with Gasteiger partial charge in [-0.3, -0.25) is 0 Å². The first kappa shape index (κ1) is 13.1. The summed E-state index contributed by atoms with van der Waals surface area (Å²) in [4.78, 5) is 8.83. The highest BCUT2D eigenvalue weighted by molar-refractivity contribution is 5.73.